The minimum atomic E-state index is -3.52. The number of fused-ring (bicyclic) bond motifs is 1. The minimum absolute atomic E-state index is 0. The summed E-state index contributed by atoms with van der Waals surface area (Å²) in [6, 6.07) is 10.9. The standard InChI is InChI=1S/C12H12NO2S.CH3.Y/c1-9-7-8-12(16(14,15)13-2)11-6-4-3-5-10(9)11;;/h3-8H,1-2H3;1H3;/q2*-1;. The predicted molar refractivity (Wildman–Crippen MR) is 71.6 cm³/mol. The van der Waals surface area contributed by atoms with Gasteiger partial charge >= 0.3 is 0 Å². The maximum absolute atomic E-state index is 11.8. The van der Waals surface area contributed by atoms with Gasteiger partial charge in [0.25, 0.3) is 0 Å². The Morgan fingerprint density at radius 2 is 1.56 bits per heavy atom. The molecule has 0 amide bonds. The van der Waals surface area contributed by atoms with Gasteiger partial charge in [0.05, 0.1) is 4.90 Å². The molecule has 5 heteroatoms. The van der Waals surface area contributed by atoms with Crippen LogP contribution in [-0.2, 0) is 42.7 Å². The van der Waals surface area contributed by atoms with Gasteiger partial charge in [-0.3, -0.25) is 0 Å². The van der Waals surface area contributed by atoms with Gasteiger partial charge in [0, 0.05) is 32.7 Å². The number of rotatable bonds is 2. The van der Waals surface area contributed by atoms with Gasteiger partial charge in [-0.2, -0.15) is 7.05 Å². The molecule has 0 fully saturated rings. The Morgan fingerprint density at radius 1 is 1.00 bits per heavy atom. The van der Waals surface area contributed by atoms with Crippen molar-refractivity contribution in [2.24, 2.45) is 0 Å². The third-order valence-corrected chi connectivity index (χ3v) is 4.01. The first-order chi connectivity index (χ1) is 7.56. The zero-order valence-electron chi connectivity index (χ0n) is 10.7. The van der Waals surface area contributed by atoms with Crippen LogP contribution in [0, 0.1) is 14.4 Å². The molecule has 0 heterocycles. The second-order valence-corrected chi connectivity index (χ2v) is 5.34. The number of sulfonamides is 1. The SMILES string of the molecule is C[N-]S(=O)(=O)c1ccc(C)c2ccccc12.[CH3-].[Y]. The summed E-state index contributed by atoms with van der Waals surface area (Å²) in [5, 5.41) is 1.68. The van der Waals surface area contributed by atoms with Gasteiger partial charge in [0.2, 0.25) is 0 Å². The molecule has 95 valence electrons. The normalized spacial score (nSPS) is 10.6. The number of hydrogen-bond acceptors (Lipinski definition) is 2. The van der Waals surface area contributed by atoms with Crippen molar-refractivity contribution in [2.45, 2.75) is 11.8 Å². The van der Waals surface area contributed by atoms with Gasteiger partial charge in [0.1, 0.15) is 10.0 Å². The average Bonchev–Trinajstić information content (AvgIpc) is 2.29. The molecule has 2 aromatic carbocycles. The number of aryl methyl sites for hydroxylation is 1. The third-order valence-electron chi connectivity index (χ3n) is 2.62. The molecule has 0 aromatic heterocycles. The molecule has 3 nitrogen and oxygen atoms in total. The summed E-state index contributed by atoms with van der Waals surface area (Å²) < 4.78 is 27.0. The summed E-state index contributed by atoms with van der Waals surface area (Å²) in [7, 11) is -2.22. The van der Waals surface area contributed by atoms with Crippen LogP contribution in [0.5, 0.6) is 0 Å². The fourth-order valence-corrected chi connectivity index (χ4v) is 2.64. The van der Waals surface area contributed by atoms with Crippen LogP contribution in [0.1, 0.15) is 5.56 Å². The molecule has 0 saturated carbocycles. The fraction of sp³-hybridized carbons (Fsp3) is 0.154. The Labute approximate surface area is 134 Å². The van der Waals surface area contributed by atoms with E-state index in [2.05, 4.69) is 4.72 Å². The van der Waals surface area contributed by atoms with Gasteiger partial charge in [-0.05, 0) is 29.3 Å². The van der Waals surface area contributed by atoms with Crippen molar-refractivity contribution in [1.29, 1.82) is 0 Å². The topological polar surface area (TPSA) is 48.2 Å². The van der Waals surface area contributed by atoms with E-state index in [4.69, 9.17) is 0 Å². The number of benzene rings is 2. The van der Waals surface area contributed by atoms with Crippen molar-refractivity contribution < 1.29 is 41.1 Å². The predicted octanol–water partition coefficient (Wildman–Crippen LogP) is 3.29. The van der Waals surface area contributed by atoms with Crippen LogP contribution in [0.25, 0.3) is 15.5 Å². The number of nitrogens with zero attached hydrogens (tertiary/aromatic N) is 1. The summed E-state index contributed by atoms with van der Waals surface area (Å²) in [5.41, 5.74) is 1.06. The molecule has 0 spiro atoms. The van der Waals surface area contributed by atoms with E-state index < -0.39 is 10.0 Å². The molecule has 0 unspecified atom stereocenters. The number of hydrogen-bond donors (Lipinski definition) is 0. The van der Waals surface area contributed by atoms with E-state index >= 15 is 0 Å². The first kappa shape index (κ1) is 17.7. The first-order valence-electron chi connectivity index (χ1n) is 4.91. The van der Waals surface area contributed by atoms with Gasteiger partial charge in [-0.15, -0.1) is 0 Å². The van der Waals surface area contributed by atoms with E-state index in [1.165, 1.54) is 7.05 Å². The van der Waals surface area contributed by atoms with Crippen LogP contribution in [-0.4, -0.2) is 15.5 Å². The average molecular weight is 338 g/mol. The molecular formula is C13H15NO2SY-2. The van der Waals surface area contributed by atoms with Crippen molar-refractivity contribution in [3.8, 4) is 0 Å². The van der Waals surface area contributed by atoms with Gasteiger partial charge in [-0.1, -0.05) is 30.3 Å². The maximum Gasteiger partial charge on any atom is 0.101 e. The zero-order valence-corrected chi connectivity index (χ0v) is 14.4. The van der Waals surface area contributed by atoms with Crippen molar-refractivity contribution in [3.63, 3.8) is 0 Å². The summed E-state index contributed by atoms with van der Waals surface area (Å²) in [5.74, 6) is 0. The Hall–Kier alpha value is -0.286. The molecule has 0 aliphatic heterocycles. The van der Waals surface area contributed by atoms with Gasteiger partial charge in [-0.25, -0.2) is 8.42 Å². The molecule has 2 rings (SSSR count). The van der Waals surface area contributed by atoms with E-state index in [0.717, 1.165) is 16.3 Å². The molecule has 0 saturated heterocycles. The molecular weight excluding hydrogens is 323 g/mol. The van der Waals surface area contributed by atoms with E-state index in [1.54, 1.807) is 18.2 Å². The van der Waals surface area contributed by atoms with E-state index in [9.17, 15) is 8.42 Å². The molecule has 1 radical (unpaired) electrons. The first-order valence-corrected chi connectivity index (χ1v) is 6.35. The van der Waals surface area contributed by atoms with Crippen LogP contribution in [0.15, 0.2) is 41.3 Å². The summed E-state index contributed by atoms with van der Waals surface area (Å²) in [6.45, 7) is 1.96. The Kier molecular flexibility index (Phi) is 6.65. The molecule has 18 heavy (non-hydrogen) atoms. The van der Waals surface area contributed by atoms with Crippen LogP contribution in [0.2, 0.25) is 0 Å². The second kappa shape index (κ2) is 6.76. The van der Waals surface area contributed by atoms with Crippen LogP contribution in [0.4, 0.5) is 0 Å². The van der Waals surface area contributed by atoms with Crippen molar-refractivity contribution in [1.82, 2.24) is 0 Å². The molecule has 0 bridgehead atoms. The Morgan fingerprint density at radius 3 is 2.11 bits per heavy atom. The van der Waals surface area contributed by atoms with Gasteiger partial charge < -0.3 is 12.1 Å². The molecule has 0 aliphatic rings. The van der Waals surface area contributed by atoms with Crippen LogP contribution in [0.3, 0.4) is 0 Å². The maximum atomic E-state index is 11.8. The smallest absolute Gasteiger partial charge is 0.101 e. The van der Waals surface area contributed by atoms with Crippen molar-refractivity contribution in [3.05, 3.63) is 54.1 Å². The largest absolute Gasteiger partial charge is 0.547 e. The van der Waals surface area contributed by atoms with E-state index in [1.807, 2.05) is 25.1 Å². The van der Waals surface area contributed by atoms with Crippen LogP contribution < -0.4 is 0 Å². The van der Waals surface area contributed by atoms with E-state index in [-0.39, 0.29) is 45.0 Å². The van der Waals surface area contributed by atoms with Crippen molar-refractivity contribution >= 4 is 20.8 Å². The van der Waals surface area contributed by atoms with Crippen LogP contribution >= 0.6 is 0 Å². The fourth-order valence-electron chi connectivity index (χ4n) is 1.75. The molecule has 0 atom stereocenters. The molecule has 0 N–H and O–H groups in total. The summed E-state index contributed by atoms with van der Waals surface area (Å²) >= 11 is 0. The quantitative estimate of drug-likeness (QED) is 0.789. The van der Waals surface area contributed by atoms with Crippen molar-refractivity contribution in [2.75, 3.05) is 7.05 Å². The zero-order chi connectivity index (χ0) is 11.8. The third kappa shape index (κ3) is 3.18. The molecule has 0 aliphatic carbocycles. The molecule has 2 aromatic rings. The summed E-state index contributed by atoms with van der Waals surface area (Å²) in [4.78, 5) is 0.274. The second-order valence-electron chi connectivity index (χ2n) is 3.58. The van der Waals surface area contributed by atoms with Gasteiger partial charge in [0.15, 0.2) is 0 Å². The van der Waals surface area contributed by atoms with E-state index in [0.29, 0.717) is 0 Å². The summed E-state index contributed by atoms with van der Waals surface area (Å²) in [6.07, 6.45) is 0. The monoisotopic (exact) mass is 338 g/mol. The Balaban J connectivity index is 0.00000144. The Bertz CT molecular complexity index is 638. The minimum Gasteiger partial charge on any atom is -0.547 e.